The fourth-order valence-corrected chi connectivity index (χ4v) is 6.51. The smallest absolute Gasteiger partial charge is 0.125 e. The predicted molar refractivity (Wildman–Crippen MR) is 84.6 cm³/mol. The topological polar surface area (TPSA) is 38.0 Å². The Labute approximate surface area is 126 Å². The minimum Gasteiger partial charge on any atom is -0.397 e. The van der Waals surface area contributed by atoms with Crippen LogP contribution in [0.3, 0.4) is 0 Å². The average Bonchev–Trinajstić information content (AvgIpc) is 2.28. The van der Waals surface area contributed by atoms with Gasteiger partial charge in [0.25, 0.3) is 0 Å². The van der Waals surface area contributed by atoms with E-state index < -0.39 is 0 Å². The first kappa shape index (κ1) is 13.4. The van der Waals surface area contributed by atoms with Crippen molar-refractivity contribution in [3.8, 4) is 0 Å². The van der Waals surface area contributed by atoms with E-state index in [1.807, 2.05) is 0 Å². The Kier molecular flexibility index (Phi) is 2.51. The SMILES string of the molecule is CC12CC3CC(C)(C1)CC(Nc1cc(F)ccc1N)(C3)C2. The lowest BCUT2D eigenvalue weighted by Crippen LogP contribution is -2.61. The van der Waals surface area contributed by atoms with Gasteiger partial charge in [-0.15, -0.1) is 0 Å². The summed E-state index contributed by atoms with van der Waals surface area (Å²) in [5, 5.41) is 3.68. The Morgan fingerprint density at radius 3 is 2.38 bits per heavy atom. The van der Waals surface area contributed by atoms with Crippen LogP contribution >= 0.6 is 0 Å². The molecule has 4 fully saturated rings. The van der Waals surface area contributed by atoms with Crippen LogP contribution in [0.15, 0.2) is 18.2 Å². The molecule has 0 saturated heterocycles. The second kappa shape index (κ2) is 3.93. The monoisotopic (exact) mass is 288 g/mol. The van der Waals surface area contributed by atoms with E-state index in [1.54, 1.807) is 12.1 Å². The number of nitrogens with two attached hydrogens (primary N) is 1. The van der Waals surface area contributed by atoms with Gasteiger partial charge >= 0.3 is 0 Å². The Morgan fingerprint density at radius 1 is 1.10 bits per heavy atom. The molecule has 4 saturated carbocycles. The largest absolute Gasteiger partial charge is 0.397 e. The molecular weight excluding hydrogens is 263 g/mol. The molecule has 0 aromatic heterocycles. The molecule has 3 N–H and O–H groups in total. The summed E-state index contributed by atoms with van der Waals surface area (Å²) < 4.78 is 13.6. The number of anilines is 2. The summed E-state index contributed by atoms with van der Waals surface area (Å²) >= 11 is 0. The molecule has 1 aromatic carbocycles. The maximum Gasteiger partial charge on any atom is 0.125 e. The molecule has 1 aromatic rings. The molecule has 3 heteroatoms. The van der Waals surface area contributed by atoms with Crippen molar-refractivity contribution in [2.75, 3.05) is 11.1 Å². The van der Waals surface area contributed by atoms with Crippen LogP contribution < -0.4 is 11.1 Å². The van der Waals surface area contributed by atoms with Gasteiger partial charge in [0.1, 0.15) is 5.82 Å². The lowest BCUT2D eigenvalue weighted by atomic mass is 9.43. The zero-order valence-electron chi connectivity index (χ0n) is 13.0. The van der Waals surface area contributed by atoms with Crippen molar-refractivity contribution >= 4 is 11.4 Å². The van der Waals surface area contributed by atoms with E-state index in [1.165, 1.54) is 44.6 Å². The Balaban J connectivity index is 1.70. The van der Waals surface area contributed by atoms with Crippen molar-refractivity contribution in [1.29, 1.82) is 0 Å². The molecule has 2 atom stereocenters. The van der Waals surface area contributed by atoms with Crippen LogP contribution in [0.1, 0.15) is 52.4 Å². The summed E-state index contributed by atoms with van der Waals surface area (Å²) in [5.41, 5.74) is 8.50. The van der Waals surface area contributed by atoms with Crippen molar-refractivity contribution in [2.45, 2.75) is 57.9 Å². The number of nitrogens with one attached hydrogen (secondary N) is 1. The van der Waals surface area contributed by atoms with Crippen LogP contribution in [0.4, 0.5) is 15.8 Å². The number of halogens is 1. The molecule has 0 radical (unpaired) electrons. The maximum atomic E-state index is 13.6. The fraction of sp³-hybridized carbons (Fsp3) is 0.667. The van der Waals surface area contributed by atoms with Crippen LogP contribution in [0.5, 0.6) is 0 Å². The molecule has 0 heterocycles. The summed E-state index contributed by atoms with van der Waals surface area (Å²) in [5.74, 6) is 0.604. The van der Waals surface area contributed by atoms with Crippen molar-refractivity contribution in [2.24, 2.45) is 16.7 Å². The highest BCUT2D eigenvalue weighted by atomic mass is 19.1. The van der Waals surface area contributed by atoms with E-state index in [0.717, 1.165) is 11.6 Å². The normalized spacial score (nSPS) is 44.0. The molecule has 0 aliphatic heterocycles. The summed E-state index contributed by atoms with van der Waals surface area (Å²) in [6.45, 7) is 4.89. The zero-order valence-corrected chi connectivity index (χ0v) is 13.0. The van der Waals surface area contributed by atoms with Gasteiger partial charge in [-0.2, -0.15) is 0 Å². The molecule has 4 aliphatic carbocycles. The van der Waals surface area contributed by atoms with Gasteiger partial charge in [0.15, 0.2) is 0 Å². The van der Waals surface area contributed by atoms with Gasteiger partial charge in [-0.25, -0.2) is 4.39 Å². The molecule has 4 bridgehead atoms. The second-order valence-electron chi connectivity index (χ2n) is 8.77. The van der Waals surface area contributed by atoms with E-state index in [2.05, 4.69) is 19.2 Å². The van der Waals surface area contributed by atoms with Crippen LogP contribution in [-0.2, 0) is 0 Å². The average molecular weight is 288 g/mol. The molecule has 0 amide bonds. The number of rotatable bonds is 2. The first-order chi connectivity index (χ1) is 9.79. The molecule has 0 spiro atoms. The maximum absolute atomic E-state index is 13.6. The second-order valence-corrected chi connectivity index (χ2v) is 8.77. The van der Waals surface area contributed by atoms with Crippen molar-refractivity contribution in [3.05, 3.63) is 24.0 Å². The minimum absolute atomic E-state index is 0.116. The van der Waals surface area contributed by atoms with Crippen LogP contribution in [-0.4, -0.2) is 5.54 Å². The number of hydrogen-bond donors (Lipinski definition) is 2. The van der Waals surface area contributed by atoms with Crippen LogP contribution in [0, 0.1) is 22.6 Å². The zero-order chi connectivity index (χ0) is 14.9. The molecule has 114 valence electrons. The van der Waals surface area contributed by atoms with Crippen LogP contribution in [0.2, 0.25) is 0 Å². The van der Waals surface area contributed by atoms with Gasteiger partial charge in [0, 0.05) is 5.54 Å². The molecule has 2 nitrogen and oxygen atoms in total. The first-order valence-corrected chi connectivity index (χ1v) is 8.12. The molecule has 5 rings (SSSR count). The van der Waals surface area contributed by atoms with E-state index in [0.29, 0.717) is 16.5 Å². The van der Waals surface area contributed by atoms with E-state index >= 15 is 0 Å². The summed E-state index contributed by atoms with van der Waals surface area (Å²) in [7, 11) is 0. The molecule has 21 heavy (non-hydrogen) atoms. The highest BCUT2D eigenvalue weighted by molar-refractivity contribution is 5.67. The van der Waals surface area contributed by atoms with E-state index in [-0.39, 0.29) is 11.4 Å². The van der Waals surface area contributed by atoms with Crippen molar-refractivity contribution in [3.63, 3.8) is 0 Å². The lowest BCUT2D eigenvalue weighted by Gasteiger charge is -2.65. The van der Waals surface area contributed by atoms with E-state index in [9.17, 15) is 4.39 Å². The van der Waals surface area contributed by atoms with Gasteiger partial charge < -0.3 is 11.1 Å². The summed E-state index contributed by atoms with van der Waals surface area (Å²) in [6.07, 6.45) is 7.69. The fourth-order valence-electron chi connectivity index (χ4n) is 6.51. The lowest BCUT2D eigenvalue weighted by molar-refractivity contribution is -0.0972. The third-order valence-corrected chi connectivity index (χ3v) is 6.04. The van der Waals surface area contributed by atoms with Crippen LogP contribution in [0.25, 0.3) is 0 Å². The third-order valence-electron chi connectivity index (χ3n) is 6.04. The molecule has 4 aliphatic rings. The van der Waals surface area contributed by atoms with E-state index in [4.69, 9.17) is 5.73 Å². The highest BCUT2D eigenvalue weighted by Gasteiger charge is 2.60. The predicted octanol–water partition coefficient (Wildman–Crippen LogP) is 4.57. The number of benzene rings is 1. The Morgan fingerprint density at radius 2 is 1.76 bits per heavy atom. The molecular formula is C18H25FN2. The quantitative estimate of drug-likeness (QED) is 0.782. The Hall–Kier alpha value is -1.25. The van der Waals surface area contributed by atoms with Crippen molar-refractivity contribution < 1.29 is 4.39 Å². The number of hydrogen-bond acceptors (Lipinski definition) is 2. The van der Waals surface area contributed by atoms with Gasteiger partial charge in [-0.05, 0) is 73.5 Å². The highest BCUT2D eigenvalue weighted by Crippen LogP contribution is 2.66. The number of nitrogen functional groups attached to an aromatic ring is 1. The summed E-state index contributed by atoms with van der Waals surface area (Å²) in [4.78, 5) is 0. The van der Waals surface area contributed by atoms with Crippen molar-refractivity contribution in [1.82, 2.24) is 0 Å². The Bertz CT molecular complexity index is 579. The first-order valence-electron chi connectivity index (χ1n) is 8.12. The molecule has 2 unspecified atom stereocenters. The van der Waals surface area contributed by atoms with Gasteiger partial charge in [-0.1, -0.05) is 13.8 Å². The van der Waals surface area contributed by atoms with Gasteiger partial charge in [-0.3, -0.25) is 0 Å². The van der Waals surface area contributed by atoms with Gasteiger partial charge in [0.05, 0.1) is 11.4 Å². The minimum atomic E-state index is -0.214. The van der Waals surface area contributed by atoms with Gasteiger partial charge in [0.2, 0.25) is 0 Å². The summed E-state index contributed by atoms with van der Waals surface area (Å²) in [6, 6.07) is 4.66. The standard InChI is InChI=1S/C18H25FN2/c1-16-6-12-7-17(2,9-16)11-18(8-12,10-16)21-15-5-13(19)3-4-14(15)20/h3-5,12,21H,6-11,20H2,1-2H3. The third kappa shape index (κ3) is 2.13.